The van der Waals surface area contributed by atoms with E-state index in [4.69, 9.17) is 11.6 Å². The second-order valence-electron chi connectivity index (χ2n) is 4.26. The van der Waals surface area contributed by atoms with Gasteiger partial charge in [0.15, 0.2) is 6.04 Å². The number of hydrogen-bond acceptors (Lipinski definition) is 3. The Kier molecular flexibility index (Phi) is 4.76. The molecule has 0 saturated heterocycles. The van der Waals surface area contributed by atoms with Crippen LogP contribution in [0, 0.1) is 11.6 Å². The van der Waals surface area contributed by atoms with Crippen molar-refractivity contribution in [3.8, 4) is 0 Å². The molecule has 0 saturated carbocycles. The Morgan fingerprint density at radius 1 is 1.26 bits per heavy atom. The molecular weight excluding hydrogens is 367 g/mol. The lowest BCUT2D eigenvalue weighted by molar-refractivity contribution is -0.156. The van der Waals surface area contributed by atoms with Gasteiger partial charge in [-0.1, -0.05) is 29.2 Å². The van der Waals surface area contributed by atoms with Gasteiger partial charge >= 0.3 is 6.18 Å². The molecule has 2 N–H and O–H groups in total. The van der Waals surface area contributed by atoms with Crippen molar-refractivity contribution in [2.45, 2.75) is 12.2 Å². The van der Waals surface area contributed by atoms with Crippen molar-refractivity contribution in [3.05, 3.63) is 55.7 Å². The van der Waals surface area contributed by atoms with Crippen LogP contribution in [0.4, 0.5) is 22.0 Å². The molecule has 4 nitrogen and oxygen atoms in total. The molecule has 2 aromatic rings. The summed E-state index contributed by atoms with van der Waals surface area (Å²) in [5.74, 6) is -4.33. The number of alkyl halides is 3. The summed E-state index contributed by atoms with van der Waals surface area (Å²) in [5, 5.41) is 0.840. The molecule has 1 amide bonds. The predicted molar refractivity (Wildman–Crippen MR) is 72.6 cm³/mol. The Balaban J connectivity index is 2.44. The average Bonchev–Trinajstić information content (AvgIpc) is 2.76. The third-order valence-electron chi connectivity index (χ3n) is 2.74. The highest BCUT2D eigenvalue weighted by molar-refractivity contribution is 7.08. The third kappa shape index (κ3) is 3.53. The Bertz CT molecular complexity index is 781. The number of benzene rings is 1. The molecular formula is C12H6ClF5N2O2S. The number of rotatable bonds is 3. The number of aromatic nitrogens is 1. The van der Waals surface area contributed by atoms with E-state index in [-0.39, 0.29) is 0 Å². The topological polar surface area (TPSA) is 62.0 Å². The number of amides is 1. The Labute approximate surface area is 134 Å². The molecule has 124 valence electrons. The van der Waals surface area contributed by atoms with Crippen LogP contribution in [0.5, 0.6) is 0 Å². The van der Waals surface area contributed by atoms with Gasteiger partial charge in [-0.2, -0.15) is 13.2 Å². The summed E-state index contributed by atoms with van der Waals surface area (Å²) in [6.07, 6.45) is -5.17. The van der Waals surface area contributed by atoms with Crippen LogP contribution in [0.25, 0.3) is 0 Å². The zero-order chi connectivity index (χ0) is 17.4. The number of aromatic amines is 1. The molecule has 0 aliphatic rings. The maximum absolute atomic E-state index is 13.6. The second-order valence-corrected chi connectivity index (χ2v) is 5.45. The zero-order valence-corrected chi connectivity index (χ0v) is 12.4. The van der Waals surface area contributed by atoms with E-state index in [1.54, 1.807) is 0 Å². The fourth-order valence-electron chi connectivity index (χ4n) is 1.74. The van der Waals surface area contributed by atoms with Crippen molar-refractivity contribution in [1.82, 2.24) is 9.69 Å². The highest BCUT2D eigenvalue weighted by atomic mass is 35.5. The molecule has 0 spiro atoms. The van der Waals surface area contributed by atoms with Crippen molar-refractivity contribution in [2.75, 3.05) is 0 Å². The summed E-state index contributed by atoms with van der Waals surface area (Å²) < 4.78 is 68.5. The molecule has 1 unspecified atom stereocenters. The van der Waals surface area contributed by atoms with Crippen molar-refractivity contribution in [3.63, 3.8) is 0 Å². The number of nitrogens with one attached hydrogen (secondary N) is 2. The van der Waals surface area contributed by atoms with Crippen LogP contribution in [0.15, 0.2) is 23.0 Å². The van der Waals surface area contributed by atoms with Crippen LogP contribution < -0.4 is 10.9 Å². The van der Waals surface area contributed by atoms with Gasteiger partial charge in [0.25, 0.3) is 11.5 Å². The molecule has 0 aliphatic heterocycles. The first-order valence-corrected chi connectivity index (χ1v) is 7.00. The van der Waals surface area contributed by atoms with E-state index in [9.17, 15) is 31.5 Å². The fraction of sp³-hybridized carbons (Fsp3) is 0.167. The Hall–Kier alpha value is -1.94. The summed E-state index contributed by atoms with van der Waals surface area (Å²) in [7, 11) is 0. The predicted octanol–water partition coefficient (Wildman–Crippen LogP) is 3.40. The fourth-order valence-corrected chi connectivity index (χ4v) is 2.67. The van der Waals surface area contributed by atoms with Gasteiger partial charge in [0.1, 0.15) is 21.5 Å². The number of halogens is 6. The van der Waals surface area contributed by atoms with Crippen molar-refractivity contribution in [2.24, 2.45) is 0 Å². The van der Waals surface area contributed by atoms with Gasteiger partial charge in [-0.3, -0.25) is 14.0 Å². The molecule has 0 bridgehead atoms. The summed E-state index contributed by atoms with van der Waals surface area (Å²) in [5.41, 5.74) is -2.21. The molecule has 11 heteroatoms. The van der Waals surface area contributed by atoms with E-state index in [2.05, 4.69) is 4.37 Å². The van der Waals surface area contributed by atoms with Gasteiger partial charge in [0.05, 0.1) is 5.56 Å². The van der Waals surface area contributed by atoms with Crippen molar-refractivity contribution in [1.29, 1.82) is 0 Å². The van der Waals surface area contributed by atoms with Gasteiger partial charge in [0, 0.05) is 0 Å². The quantitative estimate of drug-likeness (QED) is 0.811. The average molecular weight is 373 g/mol. The van der Waals surface area contributed by atoms with Crippen molar-refractivity contribution >= 4 is 29.0 Å². The monoisotopic (exact) mass is 372 g/mol. The van der Waals surface area contributed by atoms with Gasteiger partial charge in [-0.25, -0.2) is 8.78 Å². The smallest absolute Gasteiger partial charge is 0.336 e. The van der Waals surface area contributed by atoms with Gasteiger partial charge in [-0.15, -0.1) is 0 Å². The van der Waals surface area contributed by atoms with Crippen LogP contribution >= 0.6 is 23.1 Å². The van der Waals surface area contributed by atoms with Crippen LogP contribution in [0.1, 0.15) is 21.3 Å². The first-order chi connectivity index (χ1) is 10.6. The molecule has 1 aromatic carbocycles. The summed E-state index contributed by atoms with van der Waals surface area (Å²) >= 11 is 5.89. The van der Waals surface area contributed by atoms with Gasteiger partial charge in [-0.05, 0) is 12.1 Å². The minimum absolute atomic E-state index is 0.404. The van der Waals surface area contributed by atoms with E-state index < -0.39 is 50.8 Å². The SMILES string of the molecule is O=C(NC(c1c(F)cccc1F)C(F)(F)F)c1s[nH]c(=O)c1Cl. The number of carbonyl (C=O) groups is 1. The van der Waals surface area contributed by atoms with Crippen molar-refractivity contribution < 1.29 is 26.7 Å². The summed E-state index contributed by atoms with van der Waals surface area (Å²) in [6, 6.07) is -0.793. The lowest BCUT2D eigenvalue weighted by atomic mass is 10.0. The summed E-state index contributed by atoms with van der Waals surface area (Å²) in [6.45, 7) is 0. The number of carbonyl (C=O) groups excluding carboxylic acids is 1. The Morgan fingerprint density at radius 2 is 1.83 bits per heavy atom. The van der Waals surface area contributed by atoms with Gasteiger partial charge < -0.3 is 5.32 Å². The first-order valence-electron chi connectivity index (χ1n) is 5.81. The highest BCUT2D eigenvalue weighted by Gasteiger charge is 2.45. The lowest BCUT2D eigenvalue weighted by Gasteiger charge is -2.22. The molecule has 1 aromatic heterocycles. The molecule has 0 fully saturated rings. The normalized spacial score (nSPS) is 13.0. The minimum atomic E-state index is -5.17. The van der Waals surface area contributed by atoms with E-state index >= 15 is 0 Å². The molecule has 0 radical (unpaired) electrons. The van der Waals surface area contributed by atoms with E-state index in [1.807, 2.05) is 0 Å². The highest BCUT2D eigenvalue weighted by Crippen LogP contribution is 2.35. The molecule has 0 aliphatic carbocycles. The van der Waals surface area contributed by atoms with E-state index in [0.29, 0.717) is 23.7 Å². The second kappa shape index (κ2) is 6.28. The van der Waals surface area contributed by atoms with Crippen LogP contribution in [-0.4, -0.2) is 16.5 Å². The largest absolute Gasteiger partial charge is 0.413 e. The minimum Gasteiger partial charge on any atom is -0.336 e. The molecule has 1 heterocycles. The third-order valence-corrected chi connectivity index (χ3v) is 4.10. The van der Waals surface area contributed by atoms with Crippen LogP contribution in [-0.2, 0) is 0 Å². The maximum Gasteiger partial charge on any atom is 0.413 e. The van der Waals surface area contributed by atoms with Crippen LogP contribution in [0.2, 0.25) is 5.02 Å². The van der Waals surface area contributed by atoms with Gasteiger partial charge in [0.2, 0.25) is 0 Å². The lowest BCUT2D eigenvalue weighted by Crippen LogP contribution is -2.39. The maximum atomic E-state index is 13.6. The van der Waals surface area contributed by atoms with Crippen LogP contribution in [0.3, 0.4) is 0 Å². The first kappa shape index (κ1) is 17.4. The zero-order valence-electron chi connectivity index (χ0n) is 10.8. The number of hydrogen-bond donors (Lipinski definition) is 2. The van der Waals surface area contributed by atoms with E-state index in [0.717, 1.165) is 6.07 Å². The Morgan fingerprint density at radius 3 is 2.26 bits per heavy atom. The molecule has 1 atom stereocenters. The van der Waals surface area contributed by atoms with E-state index in [1.165, 1.54) is 5.32 Å². The standard InChI is InChI=1S/C12H6ClF5N2O2S/c13-7-8(23-20-10(7)21)11(22)19-9(12(16,17)18)6-4(14)2-1-3-5(6)15/h1-3,9H,(H,19,22)(H,20,21). The molecule has 23 heavy (non-hydrogen) atoms. The number of H-pyrrole nitrogens is 1. The molecule has 2 rings (SSSR count). The summed E-state index contributed by atoms with van der Waals surface area (Å²) in [4.78, 5) is 22.4.